The normalized spacial score (nSPS) is 17.2. The van der Waals surface area contributed by atoms with E-state index in [1.807, 2.05) is 104 Å². The van der Waals surface area contributed by atoms with E-state index < -0.39 is 0 Å². The standard InChI is InChI=1S/C41H44O8/c1-31(43-24-25-45-37-16-8-33(9-17-37)3-5-35-12-20-39(21-13-35)47-28-41-30-49-41)26-42-22-23-44-36-14-6-32(7-15-36)2-4-34-10-18-38(19-11-34)46-27-40-29-48-40/h2-21,31,40-41H,22-30H2,1H3. The van der Waals surface area contributed by atoms with Gasteiger partial charge in [0.2, 0.25) is 0 Å². The summed E-state index contributed by atoms with van der Waals surface area (Å²) in [4.78, 5) is 0. The summed E-state index contributed by atoms with van der Waals surface area (Å²) in [6.45, 7) is 7.20. The molecule has 0 aromatic heterocycles. The maximum Gasteiger partial charge on any atom is 0.119 e. The van der Waals surface area contributed by atoms with Gasteiger partial charge in [-0.3, -0.25) is 0 Å². The molecule has 0 radical (unpaired) electrons. The Morgan fingerprint density at radius 3 is 1.22 bits per heavy atom. The Balaban J connectivity index is 0.787. The van der Waals surface area contributed by atoms with E-state index in [-0.39, 0.29) is 18.3 Å². The Hall–Kier alpha value is -4.60. The van der Waals surface area contributed by atoms with E-state index in [9.17, 15) is 0 Å². The summed E-state index contributed by atoms with van der Waals surface area (Å²) in [5, 5.41) is 0. The zero-order valence-corrected chi connectivity index (χ0v) is 27.9. The van der Waals surface area contributed by atoms with Crippen molar-refractivity contribution in [2.45, 2.75) is 25.2 Å². The number of hydrogen-bond acceptors (Lipinski definition) is 8. The van der Waals surface area contributed by atoms with Gasteiger partial charge in [0, 0.05) is 0 Å². The summed E-state index contributed by atoms with van der Waals surface area (Å²) in [5.74, 6) is 3.34. The van der Waals surface area contributed by atoms with E-state index in [4.69, 9.17) is 37.9 Å². The molecular weight excluding hydrogens is 620 g/mol. The van der Waals surface area contributed by atoms with Gasteiger partial charge < -0.3 is 37.9 Å². The van der Waals surface area contributed by atoms with Crippen molar-refractivity contribution in [3.63, 3.8) is 0 Å². The lowest BCUT2D eigenvalue weighted by Gasteiger charge is -2.14. The van der Waals surface area contributed by atoms with Crippen LogP contribution in [0.25, 0.3) is 24.3 Å². The van der Waals surface area contributed by atoms with Crippen LogP contribution in [0.3, 0.4) is 0 Å². The molecule has 0 saturated carbocycles. The third-order valence-corrected chi connectivity index (χ3v) is 7.74. The fourth-order valence-corrected chi connectivity index (χ4v) is 4.72. The molecule has 0 aliphatic carbocycles. The van der Waals surface area contributed by atoms with Crippen molar-refractivity contribution in [1.82, 2.24) is 0 Å². The largest absolute Gasteiger partial charge is 0.491 e. The minimum atomic E-state index is -0.0453. The van der Waals surface area contributed by atoms with E-state index in [0.717, 1.165) is 58.5 Å². The molecule has 3 unspecified atom stereocenters. The number of rotatable bonds is 21. The highest BCUT2D eigenvalue weighted by Gasteiger charge is 2.23. The van der Waals surface area contributed by atoms with Crippen LogP contribution in [-0.4, -0.2) is 77.8 Å². The van der Waals surface area contributed by atoms with E-state index in [1.165, 1.54) is 0 Å². The Morgan fingerprint density at radius 2 is 0.857 bits per heavy atom. The highest BCUT2D eigenvalue weighted by atomic mass is 16.6. The SMILES string of the molecule is CC(COCCOc1ccc(C=Cc2ccc(OCC3CO3)cc2)cc1)OCCOc1ccc(C=Cc2ccc(OCC3CO3)cc2)cc1. The van der Waals surface area contributed by atoms with Crippen LogP contribution in [0.4, 0.5) is 0 Å². The predicted octanol–water partition coefficient (Wildman–Crippen LogP) is 7.46. The van der Waals surface area contributed by atoms with Crippen molar-refractivity contribution in [3.05, 3.63) is 119 Å². The third kappa shape index (κ3) is 12.7. The van der Waals surface area contributed by atoms with Crippen LogP contribution in [0.15, 0.2) is 97.1 Å². The molecule has 2 aliphatic rings. The Kier molecular flexibility index (Phi) is 12.8. The molecule has 49 heavy (non-hydrogen) atoms. The van der Waals surface area contributed by atoms with Crippen molar-refractivity contribution in [2.75, 3.05) is 59.5 Å². The predicted molar refractivity (Wildman–Crippen MR) is 191 cm³/mol. The molecule has 4 aromatic carbocycles. The van der Waals surface area contributed by atoms with Gasteiger partial charge in [0.25, 0.3) is 0 Å². The molecule has 0 N–H and O–H groups in total. The van der Waals surface area contributed by atoms with Gasteiger partial charge in [-0.1, -0.05) is 72.8 Å². The lowest BCUT2D eigenvalue weighted by molar-refractivity contribution is -0.0208. The van der Waals surface area contributed by atoms with Crippen molar-refractivity contribution >= 4 is 24.3 Å². The van der Waals surface area contributed by atoms with Crippen LogP contribution in [0, 0.1) is 0 Å². The molecule has 0 bridgehead atoms. The van der Waals surface area contributed by atoms with Crippen LogP contribution in [0.1, 0.15) is 29.2 Å². The lowest BCUT2D eigenvalue weighted by atomic mass is 10.1. The molecule has 0 spiro atoms. The second-order valence-electron chi connectivity index (χ2n) is 11.9. The van der Waals surface area contributed by atoms with Gasteiger partial charge in [0.1, 0.15) is 61.6 Å². The second kappa shape index (κ2) is 18.2. The van der Waals surface area contributed by atoms with Crippen molar-refractivity contribution in [3.8, 4) is 23.0 Å². The Bertz CT molecular complexity index is 1590. The van der Waals surface area contributed by atoms with Gasteiger partial charge in [-0.2, -0.15) is 0 Å². The van der Waals surface area contributed by atoms with Crippen LogP contribution in [-0.2, 0) is 18.9 Å². The average Bonchev–Trinajstić information content (AvgIpc) is 4.08. The fraction of sp³-hybridized carbons (Fsp3) is 0.317. The Morgan fingerprint density at radius 1 is 0.510 bits per heavy atom. The smallest absolute Gasteiger partial charge is 0.119 e. The summed E-state index contributed by atoms with van der Waals surface area (Å²) in [6, 6.07) is 32.1. The van der Waals surface area contributed by atoms with Crippen LogP contribution in [0.2, 0.25) is 0 Å². The average molecular weight is 665 g/mol. The first kappa shape index (κ1) is 34.3. The van der Waals surface area contributed by atoms with Crippen molar-refractivity contribution < 1.29 is 37.9 Å². The quantitative estimate of drug-likeness (QED) is 0.0516. The molecule has 2 saturated heterocycles. The van der Waals surface area contributed by atoms with Gasteiger partial charge in [0.15, 0.2) is 0 Å². The molecule has 3 atom stereocenters. The van der Waals surface area contributed by atoms with Crippen LogP contribution >= 0.6 is 0 Å². The first-order chi connectivity index (χ1) is 24.1. The van der Waals surface area contributed by atoms with Crippen LogP contribution < -0.4 is 18.9 Å². The molecule has 2 aliphatic heterocycles. The van der Waals surface area contributed by atoms with E-state index in [0.29, 0.717) is 46.2 Å². The zero-order chi connectivity index (χ0) is 33.5. The molecule has 8 nitrogen and oxygen atoms in total. The third-order valence-electron chi connectivity index (χ3n) is 7.74. The fourth-order valence-electron chi connectivity index (χ4n) is 4.72. The molecule has 4 aromatic rings. The summed E-state index contributed by atoms with van der Waals surface area (Å²) in [6.07, 6.45) is 8.78. The first-order valence-electron chi connectivity index (χ1n) is 16.8. The topological polar surface area (TPSA) is 80.4 Å². The summed E-state index contributed by atoms with van der Waals surface area (Å²) >= 11 is 0. The molecule has 2 fully saturated rings. The minimum Gasteiger partial charge on any atom is -0.491 e. The van der Waals surface area contributed by atoms with Crippen molar-refractivity contribution in [2.24, 2.45) is 0 Å². The highest BCUT2D eigenvalue weighted by molar-refractivity contribution is 5.71. The van der Waals surface area contributed by atoms with E-state index in [1.54, 1.807) is 0 Å². The second-order valence-corrected chi connectivity index (χ2v) is 11.9. The molecular formula is C41H44O8. The van der Waals surface area contributed by atoms with Crippen LogP contribution in [0.5, 0.6) is 23.0 Å². The van der Waals surface area contributed by atoms with Gasteiger partial charge in [0.05, 0.1) is 39.1 Å². The monoisotopic (exact) mass is 664 g/mol. The number of hydrogen-bond donors (Lipinski definition) is 0. The maximum absolute atomic E-state index is 5.85. The van der Waals surface area contributed by atoms with E-state index in [2.05, 4.69) is 24.3 Å². The lowest BCUT2D eigenvalue weighted by Crippen LogP contribution is -2.21. The number of ether oxygens (including phenoxy) is 8. The van der Waals surface area contributed by atoms with Gasteiger partial charge in [-0.05, 0) is 77.7 Å². The summed E-state index contributed by atoms with van der Waals surface area (Å²) in [5.41, 5.74) is 4.41. The number of benzene rings is 4. The summed E-state index contributed by atoms with van der Waals surface area (Å²) < 4.78 is 45.0. The zero-order valence-electron chi connectivity index (χ0n) is 27.9. The first-order valence-corrected chi connectivity index (χ1v) is 16.8. The van der Waals surface area contributed by atoms with Crippen molar-refractivity contribution in [1.29, 1.82) is 0 Å². The van der Waals surface area contributed by atoms with Gasteiger partial charge in [-0.25, -0.2) is 0 Å². The maximum atomic E-state index is 5.85. The van der Waals surface area contributed by atoms with E-state index >= 15 is 0 Å². The molecule has 8 heteroatoms. The molecule has 2 heterocycles. The molecule has 6 rings (SSSR count). The molecule has 0 amide bonds. The van der Waals surface area contributed by atoms with Gasteiger partial charge in [-0.15, -0.1) is 0 Å². The Labute approximate surface area is 288 Å². The number of epoxide rings is 2. The van der Waals surface area contributed by atoms with Gasteiger partial charge >= 0.3 is 0 Å². The molecule has 256 valence electrons. The summed E-state index contributed by atoms with van der Waals surface area (Å²) in [7, 11) is 0. The highest BCUT2D eigenvalue weighted by Crippen LogP contribution is 2.20. The minimum absolute atomic E-state index is 0.0453.